The Morgan fingerprint density at radius 3 is 1.16 bits per heavy atom. The molecule has 0 spiro atoms. The van der Waals surface area contributed by atoms with Gasteiger partial charge >= 0.3 is 0 Å². The molecule has 1 aliphatic rings. The average Bonchev–Trinajstić information content (AvgIpc) is 3.60. The maximum atomic E-state index is 13.1. The van der Waals surface area contributed by atoms with Crippen molar-refractivity contribution < 1.29 is 39.8 Å². The molecule has 0 radical (unpaired) electrons. The number of carbonyl (C=O) groups excluding carboxylic acids is 1. The summed E-state index contributed by atoms with van der Waals surface area (Å²) in [6.07, 6.45) is 86.8. The first-order valence-electron chi connectivity index (χ1n) is 33.9. The number of ether oxygens (including phenoxy) is 2. The number of amides is 1. The standard InChI is InChI=1S/C74H125NO8/c1-3-5-7-9-11-13-15-17-19-21-23-25-27-28-29-30-31-32-33-34-35-36-37-38-39-40-42-44-46-48-50-52-54-56-58-60-62-64-70(78)75-67(66-82-74-73(81)72(80)71(79)69(65-76)83-74)68(77)63-61-59-57-55-53-51-49-47-45-43-41-26-24-22-20-18-16-14-12-10-8-6-4-2/h5,7,11,13,17,19,23,25,28-29,31-32,34-35,37-38,40,42,53,55,61,63,67-69,71-74,76-77,79-81H,3-4,6,8-10,12,14-16,18,20-22,24,26-27,30,33,36,39,41,43-52,54,56-60,62,64-66H2,1-2H3,(H,75,78)/b7-5-,13-11-,19-17-,25-23-,29-28-,32-31-,35-34-,38-37-,42-40-,55-53+,63-61+. The molecule has 1 amide bonds. The highest BCUT2D eigenvalue weighted by Gasteiger charge is 2.44. The number of carbonyl (C=O) groups is 1. The molecule has 474 valence electrons. The summed E-state index contributed by atoms with van der Waals surface area (Å²) in [7, 11) is 0. The van der Waals surface area contributed by atoms with Crippen molar-refractivity contribution in [2.24, 2.45) is 0 Å². The third-order valence-electron chi connectivity index (χ3n) is 15.2. The number of hydrogen-bond acceptors (Lipinski definition) is 8. The Kier molecular flexibility index (Phi) is 57.2. The van der Waals surface area contributed by atoms with Gasteiger partial charge in [0, 0.05) is 6.42 Å². The van der Waals surface area contributed by atoms with E-state index in [2.05, 4.69) is 141 Å². The topological polar surface area (TPSA) is 149 Å². The number of aliphatic hydroxyl groups is 5. The van der Waals surface area contributed by atoms with Gasteiger partial charge in [-0.3, -0.25) is 4.79 Å². The molecule has 7 unspecified atom stereocenters. The highest BCUT2D eigenvalue weighted by Crippen LogP contribution is 2.23. The van der Waals surface area contributed by atoms with E-state index in [1.54, 1.807) is 6.08 Å². The van der Waals surface area contributed by atoms with Crippen LogP contribution in [0.2, 0.25) is 0 Å². The van der Waals surface area contributed by atoms with E-state index in [-0.39, 0.29) is 12.5 Å². The van der Waals surface area contributed by atoms with Gasteiger partial charge in [-0.2, -0.15) is 0 Å². The number of rotatable bonds is 57. The molecule has 1 rings (SSSR count). The minimum Gasteiger partial charge on any atom is -0.394 e. The molecular formula is C74H125NO8. The summed E-state index contributed by atoms with van der Waals surface area (Å²) in [6.45, 7) is 3.66. The first-order valence-corrected chi connectivity index (χ1v) is 33.9. The summed E-state index contributed by atoms with van der Waals surface area (Å²) in [6, 6.07) is -0.836. The Morgan fingerprint density at radius 2 is 0.759 bits per heavy atom. The summed E-state index contributed by atoms with van der Waals surface area (Å²) < 4.78 is 11.3. The van der Waals surface area contributed by atoms with Crippen LogP contribution < -0.4 is 5.32 Å². The molecule has 1 saturated heterocycles. The van der Waals surface area contributed by atoms with Crippen LogP contribution in [0.1, 0.15) is 271 Å². The number of nitrogens with one attached hydrogen (secondary N) is 1. The van der Waals surface area contributed by atoms with Crippen LogP contribution in [0, 0.1) is 0 Å². The Hall–Kier alpha value is -3.67. The zero-order valence-corrected chi connectivity index (χ0v) is 52.9. The summed E-state index contributed by atoms with van der Waals surface area (Å²) in [5.74, 6) is -0.197. The fourth-order valence-electron chi connectivity index (χ4n) is 9.93. The minimum atomic E-state index is -1.58. The van der Waals surface area contributed by atoms with Gasteiger partial charge in [0.2, 0.25) is 5.91 Å². The minimum absolute atomic E-state index is 0.197. The summed E-state index contributed by atoms with van der Waals surface area (Å²) in [5, 5.41) is 54.7. The van der Waals surface area contributed by atoms with E-state index in [0.29, 0.717) is 6.42 Å². The first-order chi connectivity index (χ1) is 40.8. The maximum absolute atomic E-state index is 13.1. The second-order valence-corrected chi connectivity index (χ2v) is 22.9. The van der Waals surface area contributed by atoms with Gasteiger partial charge in [0.05, 0.1) is 25.4 Å². The predicted octanol–water partition coefficient (Wildman–Crippen LogP) is 18.4. The molecule has 9 heteroatoms. The lowest BCUT2D eigenvalue weighted by Gasteiger charge is -2.40. The Balaban J connectivity index is 2.19. The highest BCUT2D eigenvalue weighted by molar-refractivity contribution is 5.76. The normalized spacial score (nSPS) is 19.1. The van der Waals surface area contributed by atoms with E-state index in [4.69, 9.17) is 9.47 Å². The van der Waals surface area contributed by atoms with Crippen molar-refractivity contribution in [1.29, 1.82) is 0 Å². The third-order valence-corrected chi connectivity index (χ3v) is 15.2. The van der Waals surface area contributed by atoms with Crippen molar-refractivity contribution in [3.05, 3.63) is 134 Å². The van der Waals surface area contributed by atoms with Crippen LogP contribution in [0.3, 0.4) is 0 Å². The Labute approximate surface area is 509 Å². The average molecular weight is 1160 g/mol. The van der Waals surface area contributed by atoms with Crippen molar-refractivity contribution in [3.8, 4) is 0 Å². The monoisotopic (exact) mass is 1160 g/mol. The van der Waals surface area contributed by atoms with Crippen LogP contribution in [0.15, 0.2) is 134 Å². The summed E-state index contributed by atoms with van der Waals surface area (Å²) in [5.41, 5.74) is 0. The number of hydrogen-bond donors (Lipinski definition) is 6. The van der Waals surface area contributed by atoms with Crippen LogP contribution >= 0.6 is 0 Å². The first kappa shape index (κ1) is 77.3. The zero-order valence-electron chi connectivity index (χ0n) is 52.9. The molecule has 0 aromatic rings. The summed E-state index contributed by atoms with van der Waals surface area (Å²) >= 11 is 0. The second kappa shape index (κ2) is 61.4. The van der Waals surface area contributed by atoms with Crippen LogP contribution in [0.5, 0.6) is 0 Å². The number of unbranched alkanes of at least 4 members (excludes halogenated alkanes) is 27. The molecule has 9 nitrogen and oxygen atoms in total. The quantitative estimate of drug-likeness (QED) is 0.0261. The maximum Gasteiger partial charge on any atom is 0.220 e. The summed E-state index contributed by atoms with van der Waals surface area (Å²) in [4.78, 5) is 13.1. The molecule has 1 heterocycles. The van der Waals surface area contributed by atoms with Crippen LogP contribution in [-0.2, 0) is 14.3 Å². The molecule has 0 bridgehead atoms. The van der Waals surface area contributed by atoms with Gasteiger partial charge < -0.3 is 40.3 Å². The molecule has 0 aromatic heterocycles. The van der Waals surface area contributed by atoms with Crippen molar-refractivity contribution in [1.82, 2.24) is 5.32 Å². The molecular weight excluding hydrogens is 1030 g/mol. The van der Waals surface area contributed by atoms with Gasteiger partial charge in [-0.25, -0.2) is 0 Å². The van der Waals surface area contributed by atoms with Crippen molar-refractivity contribution in [2.45, 2.75) is 314 Å². The van der Waals surface area contributed by atoms with Gasteiger partial charge in [-0.15, -0.1) is 0 Å². The van der Waals surface area contributed by atoms with E-state index in [1.807, 2.05) is 6.08 Å². The smallest absolute Gasteiger partial charge is 0.220 e. The van der Waals surface area contributed by atoms with Gasteiger partial charge in [0.1, 0.15) is 24.4 Å². The van der Waals surface area contributed by atoms with Gasteiger partial charge in [0.15, 0.2) is 6.29 Å². The van der Waals surface area contributed by atoms with Gasteiger partial charge in [-0.05, 0) is 103 Å². The van der Waals surface area contributed by atoms with Crippen molar-refractivity contribution in [2.75, 3.05) is 13.2 Å². The molecule has 0 aromatic carbocycles. The predicted molar refractivity (Wildman–Crippen MR) is 354 cm³/mol. The molecule has 1 fully saturated rings. The lowest BCUT2D eigenvalue weighted by molar-refractivity contribution is -0.302. The Bertz CT molecular complexity index is 1770. The fraction of sp³-hybridized carbons (Fsp3) is 0.689. The molecule has 0 aliphatic carbocycles. The van der Waals surface area contributed by atoms with Gasteiger partial charge in [0.25, 0.3) is 0 Å². The van der Waals surface area contributed by atoms with E-state index in [1.165, 1.54) is 141 Å². The lowest BCUT2D eigenvalue weighted by Crippen LogP contribution is -2.60. The van der Waals surface area contributed by atoms with Crippen molar-refractivity contribution >= 4 is 5.91 Å². The van der Waals surface area contributed by atoms with Crippen LogP contribution in [0.4, 0.5) is 0 Å². The number of allylic oxidation sites excluding steroid dienone is 21. The molecule has 0 saturated carbocycles. The third kappa shape index (κ3) is 50.2. The molecule has 6 N–H and O–H groups in total. The van der Waals surface area contributed by atoms with E-state index in [9.17, 15) is 30.3 Å². The molecule has 1 aliphatic heterocycles. The van der Waals surface area contributed by atoms with Crippen molar-refractivity contribution in [3.63, 3.8) is 0 Å². The Morgan fingerprint density at radius 1 is 0.422 bits per heavy atom. The van der Waals surface area contributed by atoms with E-state index < -0.39 is 49.5 Å². The SMILES string of the molecule is CC/C=C\C/C=C\C/C=C\C/C=C\C/C=C\C/C=C\C/C=C\C/C=C\C/C=C\CCCCCCCCCCCC(=O)NC(COC1OC(CO)C(O)C(O)C1O)C(O)/C=C/CC/C=C/CCCCCCCCCCCCCCCCCCC. The second-order valence-electron chi connectivity index (χ2n) is 22.9. The van der Waals surface area contributed by atoms with E-state index in [0.717, 1.165) is 109 Å². The van der Waals surface area contributed by atoms with E-state index >= 15 is 0 Å². The molecule has 7 atom stereocenters. The zero-order chi connectivity index (χ0) is 60.0. The molecule has 83 heavy (non-hydrogen) atoms. The van der Waals surface area contributed by atoms with Crippen LogP contribution in [-0.4, -0.2) is 87.5 Å². The lowest BCUT2D eigenvalue weighted by atomic mass is 9.99. The highest BCUT2D eigenvalue weighted by atomic mass is 16.7. The fourth-order valence-corrected chi connectivity index (χ4v) is 9.93. The van der Waals surface area contributed by atoms with Gasteiger partial charge in [-0.1, -0.05) is 295 Å². The van der Waals surface area contributed by atoms with Crippen LogP contribution in [0.25, 0.3) is 0 Å². The largest absolute Gasteiger partial charge is 0.394 e. The number of aliphatic hydroxyl groups excluding tert-OH is 5.